The first-order valence-electron chi connectivity index (χ1n) is 10.1. The van der Waals surface area contributed by atoms with Gasteiger partial charge in [-0.2, -0.15) is 4.99 Å². The van der Waals surface area contributed by atoms with Gasteiger partial charge in [-0.3, -0.25) is 23.6 Å². The molecule has 2 N–H and O–H groups in total. The lowest BCUT2D eigenvalue weighted by Crippen LogP contribution is -2.63. The second-order valence-corrected chi connectivity index (χ2v) is 10.7. The largest absolute Gasteiger partial charge is 0.471 e. The number of fused-ring (bicyclic) bond motifs is 1. The normalized spacial score (nSPS) is 20.5. The number of hydrogen-bond donors (Lipinski definition) is 2. The van der Waals surface area contributed by atoms with Crippen LogP contribution in [0.15, 0.2) is 33.6 Å². The van der Waals surface area contributed by atoms with Crippen LogP contribution in [0.3, 0.4) is 0 Å². The molecule has 0 aliphatic carbocycles. The lowest BCUT2D eigenvalue weighted by molar-refractivity contribution is -0.136. The molecule has 4 amide bonds. The number of rotatable bonds is 6. The first-order valence-corrected chi connectivity index (χ1v) is 13.3. The van der Waals surface area contributed by atoms with E-state index in [1.54, 1.807) is 23.6 Å². The van der Waals surface area contributed by atoms with Crippen LogP contribution in [0.2, 0.25) is 10.0 Å². The van der Waals surface area contributed by atoms with Crippen LogP contribution in [-0.2, 0) is 25.4 Å². The van der Waals surface area contributed by atoms with E-state index in [1.165, 1.54) is 34.8 Å². The summed E-state index contributed by atoms with van der Waals surface area (Å²) in [4.78, 5) is 68.0. The molecule has 1 saturated heterocycles. The Morgan fingerprint density at radius 2 is 1.97 bits per heavy atom. The van der Waals surface area contributed by atoms with Crippen LogP contribution in [0.1, 0.15) is 0 Å². The Bertz CT molecular complexity index is 1390. The number of amides is 4. The molecule has 0 saturated carbocycles. The standard InChI is InChI=1S/C19H19Cl2N6O7PS/c1-24-16-15(17(29)25(2)19(24)30)26(8-22-16)6-14(28)23-18-27(9-34-35(31,32)33)13(7-36-18)10-3-4-11(20)12(21)5-10/h3-5,7-8,15-16H,6,9H2,1-2H3,(H2,31,32,33). The highest BCUT2D eigenvalue weighted by atomic mass is 35.5. The summed E-state index contributed by atoms with van der Waals surface area (Å²) in [7, 11) is -1.99. The zero-order valence-electron chi connectivity index (χ0n) is 18.7. The number of benzene rings is 1. The van der Waals surface area contributed by atoms with Crippen molar-refractivity contribution in [1.29, 1.82) is 0 Å². The maximum Gasteiger partial charge on any atom is 0.471 e. The van der Waals surface area contributed by atoms with E-state index < -0.39 is 44.6 Å². The minimum Gasteiger partial charge on any atom is -0.338 e. The topological polar surface area (TPSA) is 157 Å². The van der Waals surface area contributed by atoms with Crippen molar-refractivity contribution in [3.8, 4) is 11.3 Å². The van der Waals surface area contributed by atoms with Crippen LogP contribution in [0.5, 0.6) is 0 Å². The predicted molar refractivity (Wildman–Crippen MR) is 130 cm³/mol. The molecule has 2 atom stereocenters. The number of halogens is 2. The molecular weight excluding hydrogens is 558 g/mol. The number of likely N-dealkylation sites (N-methyl/N-ethyl adjacent to an activating group) is 2. The van der Waals surface area contributed by atoms with E-state index in [-0.39, 0.29) is 16.4 Å². The number of imide groups is 1. The minimum absolute atomic E-state index is 0.0848. The van der Waals surface area contributed by atoms with Gasteiger partial charge in [-0.1, -0.05) is 29.3 Å². The third-order valence-corrected chi connectivity index (χ3v) is 7.54. The predicted octanol–water partition coefficient (Wildman–Crippen LogP) is 1.58. The SMILES string of the molecule is CN1C(=O)C2C(N=CN2CC(=O)N=c2scc(-c3ccc(Cl)c(Cl)c3)n2COP(=O)(O)O)N(C)C1=O. The molecule has 3 heterocycles. The van der Waals surface area contributed by atoms with Gasteiger partial charge in [-0.05, 0) is 12.1 Å². The zero-order chi connectivity index (χ0) is 26.4. The molecule has 1 aromatic carbocycles. The molecule has 13 nitrogen and oxygen atoms in total. The van der Waals surface area contributed by atoms with Gasteiger partial charge in [0.2, 0.25) is 0 Å². The van der Waals surface area contributed by atoms with Crippen LogP contribution in [0, 0.1) is 0 Å². The molecule has 36 heavy (non-hydrogen) atoms. The summed E-state index contributed by atoms with van der Waals surface area (Å²) in [5.41, 5.74) is 0.965. The second-order valence-electron chi connectivity index (χ2n) is 7.80. The van der Waals surface area contributed by atoms with Gasteiger partial charge < -0.3 is 19.6 Å². The fraction of sp³-hybridized carbons (Fsp3) is 0.316. The van der Waals surface area contributed by atoms with Crippen LogP contribution >= 0.6 is 42.4 Å². The van der Waals surface area contributed by atoms with Gasteiger partial charge in [-0.15, -0.1) is 11.3 Å². The Hall–Kier alpha value is -2.58. The number of hydrogen-bond acceptors (Lipinski definition) is 8. The number of aliphatic imine (C=N–C) groups is 1. The van der Waals surface area contributed by atoms with Crippen LogP contribution < -0.4 is 4.80 Å². The summed E-state index contributed by atoms with van der Waals surface area (Å²) in [6.07, 6.45) is 0.558. The van der Waals surface area contributed by atoms with Crippen LogP contribution in [-0.4, -0.2) is 86.1 Å². The first kappa shape index (κ1) is 26.5. The summed E-state index contributed by atoms with van der Waals surface area (Å²) in [5, 5.41) is 2.18. The van der Waals surface area contributed by atoms with Crippen molar-refractivity contribution >= 4 is 66.5 Å². The van der Waals surface area contributed by atoms with Crippen molar-refractivity contribution in [3.63, 3.8) is 0 Å². The molecule has 17 heteroatoms. The summed E-state index contributed by atoms with van der Waals surface area (Å²) < 4.78 is 17.3. The molecule has 0 spiro atoms. The van der Waals surface area contributed by atoms with E-state index in [2.05, 4.69) is 14.5 Å². The van der Waals surface area contributed by atoms with Gasteiger partial charge in [0.1, 0.15) is 13.3 Å². The quantitative estimate of drug-likeness (QED) is 0.490. The molecule has 2 aliphatic heterocycles. The molecule has 4 rings (SSSR count). The van der Waals surface area contributed by atoms with Crippen molar-refractivity contribution in [3.05, 3.63) is 38.4 Å². The molecule has 0 radical (unpaired) electrons. The van der Waals surface area contributed by atoms with Crippen molar-refractivity contribution < 1.29 is 33.3 Å². The van der Waals surface area contributed by atoms with Crippen LogP contribution in [0.4, 0.5) is 4.79 Å². The smallest absolute Gasteiger partial charge is 0.338 e. The van der Waals surface area contributed by atoms with Gasteiger partial charge in [0.25, 0.3) is 11.8 Å². The van der Waals surface area contributed by atoms with E-state index in [4.69, 9.17) is 23.2 Å². The van der Waals surface area contributed by atoms with Crippen LogP contribution in [0.25, 0.3) is 11.3 Å². The third-order valence-electron chi connectivity index (χ3n) is 5.48. The third kappa shape index (κ3) is 5.25. The Balaban J connectivity index is 1.63. The highest BCUT2D eigenvalue weighted by Gasteiger charge is 2.48. The summed E-state index contributed by atoms with van der Waals surface area (Å²) in [6.45, 7) is -0.937. The Morgan fingerprint density at radius 3 is 2.64 bits per heavy atom. The molecule has 2 aromatic rings. The Labute approximate surface area is 218 Å². The number of aromatic nitrogens is 1. The molecule has 192 valence electrons. The van der Waals surface area contributed by atoms with Crippen molar-refractivity contribution in [1.82, 2.24) is 19.3 Å². The number of thiazole rings is 1. The summed E-state index contributed by atoms with van der Waals surface area (Å²) in [5.74, 6) is -1.17. The number of nitrogens with zero attached hydrogens (tertiary/aromatic N) is 6. The fourth-order valence-corrected chi connectivity index (χ4v) is 5.18. The zero-order valence-corrected chi connectivity index (χ0v) is 21.9. The Kier molecular flexibility index (Phi) is 7.40. The number of carbonyl (C=O) groups is 3. The lowest BCUT2D eigenvalue weighted by atomic mass is 10.1. The molecule has 1 fully saturated rings. The fourth-order valence-electron chi connectivity index (χ4n) is 3.70. The first-order chi connectivity index (χ1) is 16.9. The van der Waals surface area contributed by atoms with Gasteiger partial charge in [-0.25, -0.2) is 14.4 Å². The molecule has 1 aromatic heterocycles. The van der Waals surface area contributed by atoms with Gasteiger partial charge in [0.05, 0.1) is 22.1 Å². The monoisotopic (exact) mass is 576 g/mol. The van der Waals surface area contributed by atoms with E-state index in [9.17, 15) is 28.7 Å². The van der Waals surface area contributed by atoms with Gasteiger partial charge >= 0.3 is 13.9 Å². The molecule has 2 aliphatic rings. The highest BCUT2D eigenvalue weighted by molar-refractivity contribution is 7.46. The number of phosphoric ester groups is 1. The van der Waals surface area contributed by atoms with E-state index in [0.717, 1.165) is 16.2 Å². The van der Waals surface area contributed by atoms with E-state index in [0.29, 0.717) is 16.3 Å². The van der Waals surface area contributed by atoms with Crippen molar-refractivity contribution in [2.75, 3.05) is 20.6 Å². The number of carbonyl (C=O) groups excluding carboxylic acids is 3. The van der Waals surface area contributed by atoms with Crippen molar-refractivity contribution in [2.24, 2.45) is 9.98 Å². The highest BCUT2D eigenvalue weighted by Crippen LogP contribution is 2.37. The number of phosphoric acid groups is 1. The molecule has 2 unspecified atom stereocenters. The minimum atomic E-state index is -4.84. The second kappa shape index (κ2) is 10.1. The molecular formula is C19H19Cl2N6O7PS. The average Bonchev–Trinajstić information content (AvgIpc) is 3.40. The summed E-state index contributed by atoms with van der Waals surface area (Å²) >= 11 is 13.1. The van der Waals surface area contributed by atoms with Gasteiger partial charge in [0.15, 0.2) is 17.0 Å². The van der Waals surface area contributed by atoms with Gasteiger partial charge in [0, 0.05) is 25.0 Å². The maximum absolute atomic E-state index is 12.9. The van der Waals surface area contributed by atoms with E-state index in [1.807, 2.05) is 0 Å². The lowest BCUT2D eigenvalue weighted by Gasteiger charge is -2.39. The van der Waals surface area contributed by atoms with E-state index >= 15 is 0 Å². The number of urea groups is 1. The average molecular weight is 577 g/mol. The summed E-state index contributed by atoms with van der Waals surface area (Å²) in [6, 6.07) is 3.36. The molecule has 0 bridgehead atoms. The Morgan fingerprint density at radius 1 is 1.25 bits per heavy atom. The van der Waals surface area contributed by atoms with Crippen molar-refractivity contribution in [2.45, 2.75) is 18.9 Å². The maximum atomic E-state index is 12.9.